The minimum Gasteiger partial charge on any atom is -0.422 e. The molecule has 0 amide bonds. The Morgan fingerprint density at radius 3 is 2.06 bits per heavy atom. The van der Waals surface area contributed by atoms with Crippen LogP contribution in [0.15, 0.2) is 0 Å². The van der Waals surface area contributed by atoms with Crippen molar-refractivity contribution in [2.75, 3.05) is 22.9 Å². The molecule has 0 bridgehead atoms. The fourth-order valence-electron chi connectivity index (χ4n) is 1.73. The number of nitrogen functional groups attached to an aromatic ring is 4. The summed E-state index contributed by atoms with van der Waals surface area (Å²) in [6.45, 7) is 1.48. The highest BCUT2D eigenvalue weighted by atomic mass is 16.5. The van der Waals surface area contributed by atoms with E-state index >= 15 is 0 Å². The Bertz CT molecular complexity index is 509. The number of nitrogens with two attached hydrogens (primary N) is 5. The van der Waals surface area contributed by atoms with E-state index in [4.69, 9.17) is 33.4 Å². The Hall–Kier alpha value is -2.15. The van der Waals surface area contributed by atoms with Crippen LogP contribution in [0.4, 0.5) is 22.7 Å². The van der Waals surface area contributed by atoms with E-state index in [0.29, 0.717) is 5.56 Å². The van der Waals surface area contributed by atoms with Crippen molar-refractivity contribution < 1.29 is 9.53 Å². The van der Waals surface area contributed by atoms with Gasteiger partial charge in [-0.15, -0.1) is 0 Å². The minimum atomic E-state index is -1.35. The number of carbonyl (C=O) groups is 1. The summed E-state index contributed by atoms with van der Waals surface area (Å²) >= 11 is 0. The number of ether oxygens (including phenoxy) is 1. The van der Waals surface area contributed by atoms with Gasteiger partial charge in [0, 0.05) is 0 Å². The van der Waals surface area contributed by atoms with Crippen molar-refractivity contribution in [1.29, 1.82) is 0 Å². The topological polar surface area (TPSA) is 156 Å². The third kappa shape index (κ3) is 0.974. The molecule has 1 aromatic rings. The van der Waals surface area contributed by atoms with Crippen LogP contribution in [-0.4, -0.2) is 5.97 Å². The fraction of sp³-hybridized carbons (Fsp3) is 0.222. The van der Waals surface area contributed by atoms with Gasteiger partial charge in [0.05, 0.1) is 22.6 Å². The summed E-state index contributed by atoms with van der Waals surface area (Å²) < 4.78 is 4.97. The van der Waals surface area contributed by atoms with Gasteiger partial charge in [-0.05, 0) is 6.92 Å². The van der Waals surface area contributed by atoms with E-state index in [2.05, 4.69) is 0 Å². The standard InChI is InChI=1S/C9H13N5O2/c1-9(14)2-3(10)4(11)5(12)6(13)7(2)16-8(9)15/h10-14H2,1H3. The zero-order valence-corrected chi connectivity index (χ0v) is 8.70. The molecule has 1 heterocycles. The van der Waals surface area contributed by atoms with Crippen molar-refractivity contribution in [3.8, 4) is 5.75 Å². The molecule has 7 heteroatoms. The maximum absolute atomic E-state index is 11.5. The summed E-state index contributed by atoms with van der Waals surface area (Å²) in [5, 5.41) is 0. The Kier molecular flexibility index (Phi) is 1.75. The second-order valence-corrected chi connectivity index (χ2v) is 3.95. The molecule has 1 unspecified atom stereocenters. The van der Waals surface area contributed by atoms with Gasteiger partial charge in [0.1, 0.15) is 11.2 Å². The number of anilines is 4. The van der Waals surface area contributed by atoms with Gasteiger partial charge in [-0.2, -0.15) is 0 Å². The van der Waals surface area contributed by atoms with Gasteiger partial charge in [-0.25, -0.2) is 4.79 Å². The predicted molar refractivity (Wildman–Crippen MR) is 61.3 cm³/mol. The van der Waals surface area contributed by atoms with Crippen molar-refractivity contribution in [2.24, 2.45) is 5.73 Å². The molecule has 2 rings (SSSR count). The van der Waals surface area contributed by atoms with Crippen LogP contribution < -0.4 is 33.4 Å². The molecule has 0 saturated heterocycles. The highest BCUT2D eigenvalue weighted by molar-refractivity contribution is 6.02. The van der Waals surface area contributed by atoms with Gasteiger partial charge in [0.25, 0.3) is 0 Å². The van der Waals surface area contributed by atoms with Crippen LogP contribution in [0.25, 0.3) is 0 Å². The van der Waals surface area contributed by atoms with Gasteiger partial charge in [0.2, 0.25) is 0 Å². The largest absolute Gasteiger partial charge is 0.422 e. The lowest BCUT2D eigenvalue weighted by atomic mass is 9.91. The third-order valence-corrected chi connectivity index (χ3v) is 2.75. The molecule has 1 atom stereocenters. The Labute approximate surface area is 91.5 Å². The first-order valence-corrected chi connectivity index (χ1v) is 4.56. The van der Waals surface area contributed by atoms with E-state index in [1.807, 2.05) is 0 Å². The first kappa shape index (κ1) is 10.4. The molecule has 16 heavy (non-hydrogen) atoms. The van der Waals surface area contributed by atoms with Crippen LogP contribution in [0.5, 0.6) is 5.75 Å². The van der Waals surface area contributed by atoms with E-state index in [1.54, 1.807) is 0 Å². The number of hydrogen-bond donors (Lipinski definition) is 5. The lowest BCUT2D eigenvalue weighted by Gasteiger charge is -2.18. The lowest BCUT2D eigenvalue weighted by Crippen LogP contribution is -2.40. The van der Waals surface area contributed by atoms with Gasteiger partial charge in [0.15, 0.2) is 5.75 Å². The number of hydrogen-bond acceptors (Lipinski definition) is 7. The molecule has 1 aliphatic heterocycles. The first-order chi connectivity index (χ1) is 7.28. The molecular formula is C9H13N5O2. The summed E-state index contributed by atoms with van der Waals surface area (Å²) in [7, 11) is 0. The van der Waals surface area contributed by atoms with Gasteiger partial charge < -0.3 is 33.4 Å². The maximum Gasteiger partial charge on any atom is 0.336 e. The van der Waals surface area contributed by atoms with E-state index in [0.717, 1.165) is 0 Å². The Balaban J connectivity index is 2.87. The van der Waals surface area contributed by atoms with Gasteiger partial charge in [-0.3, -0.25) is 0 Å². The number of rotatable bonds is 0. The summed E-state index contributed by atoms with van der Waals surface area (Å²) in [6, 6.07) is 0. The molecule has 0 aliphatic carbocycles. The van der Waals surface area contributed by atoms with E-state index < -0.39 is 11.5 Å². The molecule has 0 fully saturated rings. The van der Waals surface area contributed by atoms with Crippen LogP contribution in [0.3, 0.4) is 0 Å². The highest BCUT2D eigenvalue weighted by Crippen LogP contribution is 2.49. The normalized spacial score (nSPS) is 23.0. The molecular weight excluding hydrogens is 210 g/mol. The molecule has 1 aromatic carbocycles. The minimum absolute atomic E-state index is 0.0872. The first-order valence-electron chi connectivity index (χ1n) is 4.56. The summed E-state index contributed by atoms with van der Waals surface area (Å²) in [4.78, 5) is 11.5. The molecule has 1 aliphatic rings. The number of fused-ring (bicyclic) bond motifs is 1. The smallest absolute Gasteiger partial charge is 0.336 e. The highest BCUT2D eigenvalue weighted by Gasteiger charge is 2.46. The molecule has 0 saturated carbocycles. The second-order valence-electron chi connectivity index (χ2n) is 3.95. The van der Waals surface area contributed by atoms with Crippen LogP contribution in [0, 0.1) is 0 Å². The fourth-order valence-corrected chi connectivity index (χ4v) is 1.73. The number of carbonyl (C=O) groups excluding carboxylic acids is 1. The number of benzene rings is 1. The van der Waals surface area contributed by atoms with Gasteiger partial charge >= 0.3 is 5.97 Å². The van der Waals surface area contributed by atoms with Crippen molar-refractivity contribution >= 4 is 28.7 Å². The summed E-state index contributed by atoms with van der Waals surface area (Å²) in [5.41, 5.74) is 28.0. The molecule has 10 N–H and O–H groups in total. The zero-order chi connectivity index (χ0) is 12.2. The lowest BCUT2D eigenvalue weighted by molar-refractivity contribution is -0.137. The number of esters is 1. The van der Waals surface area contributed by atoms with E-state index in [-0.39, 0.29) is 28.5 Å². The average Bonchev–Trinajstić information content (AvgIpc) is 2.45. The Morgan fingerprint density at radius 1 is 1.00 bits per heavy atom. The SMILES string of the molecule is CC1(N)C(=O)Oc2c(N)c(N)c(N)c(N)c21. The van der Waals surface area contributed by atoms with E-state index in [1.165, 1.54) is 6.92 Å². The zero-order valence-electron chi connectivity index (χ0n) is 8.70. The third-order valence-electron chi connectivity index (χ3n) is 2.75. The molecule has 0 radical (unpaired) electrons. The molecule has 86 valence electrons. The van der Waals surface area contributed by atoms with Crippen molar-refractivity contribution in [3.63, 3.8) is 0 Å². The summed E-state index contributed by atoms with van der Waals surface area (Å²) in [6.07, 6.45) is 0. The average molecular weight is 223 g/mol. The van der Waals surface area contributed by atoms with Crippen LogP contribution in [0.2, 0.25) is 0 Å². The maximum atomic E-state index is 11.5. The second kappa shape index (κ2) is 2.70. The monoisotopic (exact) mass is 223 g/mol. The quantitative estimate of drug-likeness (QED) is 0.217. The van der Waals surface area contributed by atoms with Gasteiger partial charge in [-0.1, -0.05) is 0 Å². The molecule has 7 nitrogen and oxygen atoms in total. The Morgan fingerprint density at radius 2 is 1.50 bits per heavy atom. The van der Waals surface area contributed by atoms with Crippen molar-refractivity contribution in [3.05, 3.63) is 5.56 Å². The van der Waals surface area contributed by atoms with Crippen LogP contribution in [0.1, 0.15) is 12.5 Å². The summed E-state index contributed by atoms with van der Waals surface area (Å²) in [5.74, 6) is -0.523. The van der Waals surface area contributed by atoms with Crippen molar-refractivity contribution in [2.45, 2.75) is 12.5 Å². The molecule has 0 spiro atoms. The van der Waals surface area contributed by atoms with Crippen LogP contribution in [-0.2, 0) is 10.3 Å². The molecule has 0 aromatic heterocycles. The van der Waals surface area contributed by atoms with Crippen molar-refractivity contribution in [1.82, 2.24) is 0 Å². The predicted octanol–water partition coefficient (Wildman–Crippen LogP) is -0.892. The van der Waals surface area contributed by atoms with Crippen LogP contribution >= 0.6 is 0 Å². The van der Waals surface area contributed by atoms with E-state index in [9.17, 15) is 4.79 Å².